The number of halogens is 1. The fraction of sp³-hybridized carbons (Fsp3) is 0.240. The molecule has 0 radical (unpaired) electrons. The van der Waals surface area contributed by atoms with E-state index in [1.165, 1.54) is 18.6 Å². The molecule has 3 aromatic rings. The Bertz CT molecular complexity index is 1140. The zero-order valence-electron chi connectivity index (χ0n) is 16.5. The van der Waals surface area contributed by atoms with Crippen molar-refractivity contribution in [1.29, 1.82) is 0 Å². The number of carbonyl (C=O) groups is 1. The maximum absolute atomic E-state index is 14.0. The van der Waals surface area contributed by atoms with Crippen LogP contribution in [0.3, 0.4) is 0 Å². The molecule has 0 aliphatic carbocycles. The summed E-state index contributed by atoms with van der Waals surface area (Å²) < 4.78 is 25.0. The summed E-state index contributed by atoms with van der Waals surface area (Å²) in [5.41, 5.74) is 1.48. The summed E-state index contributed by atoms with van der Waals surface area (Å²) in [5, 5.41) is 1.94. The quantitative estimate of drug-likeness (QED) is 0.543. The standard InChI is InChI=1S/C25H22FNO3/c26-22-4-2-1-3-21(22)19-7-9-27(16-19)10-8-23(28)18-6-5-17-14-24-25(15-20(17)13-18)30-12-11-29-24/h1-6,11-15,19H,7-10,16H2. The van der Waals surface area contributed by atoms with Crippen LogP contribution in [0.1, 0.15) is 34.7 Å². The van der Waals surface area contributed by atoms with Crippen LogP contribution in [0.4, 0.5) is 4.39 Å². The molecule has 4 nitrogen and oxygen atoms in total. The number of carbonyl (C=O) groups excluding carboxylic acids is 1. The first-order valence-electron chi connectivity index (χ1n) is 10.2. The van der Waals surface area contributed by atoms with Crippen LogP contribution in [0, 0.1) is 5.82 Å². The molecule has 152 valence electrons. The highest BCUT2D eigenvalue weighted by Crippen LogP contribution is 2.35. The normalized spacial score (nSPS) is 18.1. The average molecular weight is 403 g/mol. The molecule has 1 saturated heterocycles. The summed E-state index contributed by atoms with van der Waals surface area (Å²) in [6, 6.07) is 16.5. The molecule has 3 aromatic carbocycles. The summed E-state index contributed by atoms with van der Waals surface area (Å²) in [5.74, 6) is 1.49. The van der Waals surface area contributed by atoms with Gasteiger partial charge in [0.25, 0.3) is 0 Å². The number of likely N-dealkylation sites (tertiary alicyclic amines) is 1. The molecule has 0 N–H and O–H groups in total. The minimum absolute atomic E-state index is 0.112. The first-order valence-corrected chi connectivity index (χ1v) is 10.2. The highest BCUT2D eigenvalue weighted by Gasteiger charge is 2.26. The van der Waals surface area contributed by atoms with E-state index in [0.29, 0.717) is 30.0 Å². The van der Waals surface area contributed by atoms with Gasteiger partial charge in [0.2, 0.25) is 0 Å². The number of rotatable bonds is 5. The average Bonchev–Trinajstić information content (AvgIpc) is 3.24. The molecular formula is C25H22FNO3. The lowest BCUT2D eigenvalue weighted by Crippen LogP contribution is -2.23. The molecule has 0 bridgehead atoms. The minimum atomic E-state index is -0.136. The van der Waals surface area contributed by atoms with E-state index in [9.17, 15) is 9.18 Å². The van der Waals surface area contributed by atoms with Gasteiger partial charge >= 0.3 is 0 Å². The predicted octanol–water partition coefficient (Wildman–Crippen LogP) is 5.28. The summed E-state index contributed by atoms with van der Waals surface area (Å²) in [6.45, 7) is 2.37. The molecule has 5 heteroatoms. The van der Waals surface area contributed by atoms with Crippen LogP contribution in [0.15, 0.2) is 67.1 Å². The molecule has 30 heavy (non-hydrogen) atoms. The topological polar surface area (TPSA) is 38.8 Å². The summed E-state index contributed by atoms with van der Waals surface area (Å²) in [6.07, 6.45) is 4.37. The number of Topliss-reactive ketones (excluding diaryl/α,β-unsaturated/α-hetero) is 1. The Morgan fingerprint density at radius 3 is 2.57 bits per heavy atom. The van der Waals surface area contributed by atoms with Gasteiger partial charge in [0.05, 0.1) is 0 Å². The lowest BCUT2D eigenvalue weighted by atomic mass is 9.98. The van der Waals surface area contributed by atoms with Gasteiger partial charge in [-0.1, -0.05) is 30.3 Å². The third kappa shape index (κ3) is 3.68. The van der Waals surface area contributed by atoms with Gasteiger partial charge in [-0.3, -0.25) is 4.79 Å². The minimum Gasteiger partial charge on any atom is -0.458 e. The van der Waals surface area contributed by atoms with E-state index >= 15 is 0 Å². The monoisotopic (exact) mass is 403 g/mol. The molecule has 0 aromatic heterocycles. The van der Waals surface area contributed by atoms with E-state index < -0.39 is 0 Å². The van der Waals surface area contributed by atoms with E-state index in [4.69, 9.17) is 9.47 Å². The van der Waals surface area contributed by atoms with Crippen molar-refractivity contribution in [1.82, 2.24) is 4.90 Å². The van der Waals surface area contributed by atoms with Crippen LogP contribution >= 0.6 is 0 Å². The lowest BCUT2D eigenvalue weighted by molar-refractivity contribution is 0.0968. The SMILES string of the molecule is O=C(CCN1CCC(c2ccccc2F)C1)c1ccc2cc3c(cc2c1)OC=CO3. The van der Waals surface area contributed by atoms with Gasteiger partial charge in [-0.15, -0.1) is 0 Å². The van der Waals surface area contributed by atoms with Gasteiger partial charge in [-0.2, -0.15) is 0 Å². The van der Waals surface area contributed by atoms with Crippen molar-refractivity contribution < 1.29 is 18.7 Å². The van der Waals surface area contributed by atoms with Crippen molar-refractivity contribution in [2.24, 2.45) is 0 Å². The Morgan fingerprint density at radius 1 is 1.00 bits per heavy atom. The molecule has 5 rings (SSSR count). The van der Waals surface area contributed by atoms with Crippen molar-refractivity contribution in [3.05, 3.63) is 84.1 Å². The molecule has 0 spiro atoms. The molecular weight excluding hydrogens is 381 g/mol. The molecule has 1 unspecified atom stereocenters. The fourth-order valence-electron chi connectivity index (χ4n) is 4.32. The van der Waals surface area contributed by atoms with Crippen LogP contribution in [0.5, 0.6) is 11.5 Å². The van der Waals surface area contributed by atoms with Crippen LogP contribution in [0.25, 0.3) is 10.8 Å². The maximum Gasteiger partial charge on any atom is 0.169 e. The molecule has 0 amide bonds. The van der Waals surface area contributed by atoms with Gasteiger partial charge in [0.15, 0.2) is 17.3 Å². The summed E-state index contributed by atoms with van der Waals surface area (Å²) >= 11 is 0. The number of ether oxygens (including phenoxy) is 2. The van der Waals surface area contributed by atoms with Crippen LogP contribution < -0.4 is 9.47 Å². The van der Waals surface area contributed by atoms with E-state index in [1.807, 2.05) is 42.5 Å². The first-order chi connectivity index (χ1) is 14.7. The summed E-state index contributed by atoms with van der Waals surface area (Å²) in [7, 11) is 0. The molecule has 2 aliphatic heterocycles. The zero-order chi connectivity index (χ0) is 20.5. The fourth-order valence-corrected chi connectivity index (χ4v) is 4.32. The highest BCUT2D eigenvalue weighted by atomic mass is 19.1. The Morgan fingerprint density at radius 2 is 1.77 bits per heavy atom. The second-order valence-electron chi connectivity index (χ2n) is 7.85. The van der Waals surface area contributed by atoms with Crippen molar-refractivity contribution in [3.63, 3.8) is 0 Å². The number of ketones is 1. The van der Waals surface area contributed by atoms with E-state index in [0.717, 1.165) is 35.8 Å². The van der Waals surface area contributed by atoms with Gasteiger partial charge in [0.1, 0.15) is 18.3 Å². The van der Waals surface area contributed by atoms with Gasteiger partial charge in [0, 0.05) is 31.0 Å². The second kappa shape index (κ2) is 7.92. The second-order valence-corrected chi connectivity index (χ2v) is 7.85. The first kappa shape index (κ1) is 18.8. The van der Waals surface area contributed by atoms with Gasteiger partial charge in [-0.05, 0) is 53.6 Å². The lowest BCUT2D eigenvalue weighted by Gasteiger charge is -2.16. The van der Waals surface area contributed by atoms with Crippen molar-refractivity contribution in [2.75, 3.05) is 19.6 Å². The number of benzene rings is 3. The predicted molar refractivity (Wildman–Crippen MR) is 113 cm³/mol. The maximum atomic E-state index is 14.0. The number of nitrogens with zero attached hydrogens (tertiary/aromatic N) is 1. The Labute approximate surface area is 174 Å². The van der Waals surface area contributed by atoms with E-state index in [1.54, 1.807) is 6.07 Å². The largest absolute Gasteiger partial charge is 0.458 e. The number of hydrogen-bond acceptors (Lipinski definition) is 4. The van der Waals surface area contributed by atoms with Gasteiger partial charge in [-0.25, -0.2) is 4.39 Å². The molecule has 2 heterocycles. The third-order valence-electron chi connectivity index (χ3n) is 5.94. The highest BCUT2D eigenvalue weighted by molar-refractivity contribution is 6.00. The zero-order valence-corrected chi connectivity index (χ0v) is 16.5. The third-order valence-corrected chi connectivity index (χ3v) is 5.94. The van der Waals surface area contributed by atoms with E-state index in [-0.39, 0.29) is 17.5 Å². The van der Waals surface area contributed by atoms with Crippen LogP contribution in [-0.2, 0) is 0 Å². The van der Waals surface area contributed by atoms with Crippen molar-refractivity contribution in [3.8, 4) is 11.5 Å². The number of hydrogen-bond donors (Lipinski definition) is 0. The summed E-state index contributed by atoms with van der Waals surface area (Å²) in [4.78, 5) is 15.0. The Kier molecular flexibility index (Phi) is 4.97. The van der Waals surface area contributed by atoms with E-state index in [2.05, 4.69) is 4.90 Å². The van der Waals surface area contributed by atoms with Crippen molar-refractivity contribution >= 4 is 16.6 Å². The van der Waals surface area contributed by atoms with Gasteiger partial charge < -0.3 is 14.4 Å². The van der Waals surface area contributed by atoms with Crippen molar-refractivity contribution in [2.45, 2.75) is 18.8 Å². The smallest absolute Gasteiger partial charge is 0.169 e. The van der Waals surface area contributed by atoms with Crippen LogP contribution in [-0.4, -0.2) is 30.3 Å². The van der Waals surface area contributed by atoms with Crippen LogP contribution in [0.2, 0.25) is 0 Å². The number of fused-ring (bicyclic) bond motifs is 2. The molecule has 1 atom stereocenters. The Balaban J connectivity index is 1.24. The Hall–Kier alpha value is -3.18. The molecule has 0 saturated carbocycles. The molecule has 1 fully saturated rings. The molecule has 2 aliphatic rings.